The Labute approximate surface area is 128 Å². The van der Waals surface area contributed by atoms with Crippen molar-refractivity contribution < 1.29 is 5.11 Å². The first-order valence-electron chi connectivity index (χ1n) is 8.73. The molecule has 21 heavy (non-hydrogen) atoms. The lowest BCUT2D eigenvalue weighted by Crippen LogP contribution is -2.52. The minimum atomic E-state index is 0.444. The largest absolute Gasteiger partial charge is 0.508 e. The maximum absolute atomic E-state index is 9.88. The molecule has 114 valence electrons. The summed E-state index contributed by atoms with van der Waals surface area (Å²) >= 11 is 0. The van der Waals surface area contributed by atoms with Crippen LogP contribution in [0.25, 0.3) is 0 Å². The minimum Gasteiger partial charge on any atom is -0.508 e. The monoisotopic (exact) mass is 284 g/mol. The van der Waals surface area contributed by atoms with Crippen molar-refractivity contribution in [1.82, 2.24) is 0 Å². The first-order chi connectivity index (χ1) is 9.91. The summed E-state index contributed by atoms with van der Waals surface area (Å²) in [6.07, 6.45) is 8.05. The van der Waals surface area contributed by atoms with E-state index in [2.05, 4.69) is 26.8 Å². The summed E-state index contributed by atoms with van der Waals surface area (Å²) in [7, 11) is 0. The van der Waals surface area contributed by atoms with Crippen LogP contribution in [0.2, 0.25) is 0 Å². The van der Waals surface area contributed by atoms with Crippen molar-refractivity contribution in [3.05, 3.63) is 29.3 Å². The van der Waals surface area contributed by atoms with Crippen LogP contribution in [0.1, 0.15) is 69.9 Å². The standard InChI is InChI=1S/C20H28O/c1-19(2)10-8-16-15-7-6-14(21)11-13(15)12-20(3)9-4-5-17(19)18(16)20/h6-7,11,16-18,21H,4-5,8-10,12H2,1-3H3/t16-,17-,18+,20+/m1/s1. The number of hydrogen-bond donors (Lipinski definition) is 1. The van der Waals surface area contributed by atoms with Gasteiger partial charge in [-0.3, -0.25) is 0 Å². The van der Waals surface area contributed by atoms with Crippen molar-refractivity contribution in [2.75, 3.05) is 0 Å². The van der Waals surface area contributed by atoms with Crippen LogP contribution in [-0.2, 0) is 6.42 Å². The zero-order valence-corrected chi connectivity index (χ0v) is 13.7. The molecule has 0 radical (unpaired) electrons. The summed E-state index contributed by atoms with van der Waals surface area (Å²) in [6.45, 7) is 7.54. The summed E-state index contributed by atoms with van der Waals surface area (Å²) in [4.78, 5) is 0. The van der Waals surface area contributed by atoms with Crippen molar-refractivity contribution in [2.45, 2.75) is 65.2 Å². The second-order valence-corrected chi connectivity index (χ2v) is 8.87. The molecule has 2 saturated carbocycles. The highest BCUT2D eigenvalue weighted by atomic mass is 16.3. The van der Waals surface area contributed by atoms with E-state index < -0.39 is 0 Å². The molecule has 0 unspecified atom stereocenters. The normalized spacial score (nSPS) is 40.2. The molecule has 3 aliphatic rings. The van der Waals surface area contributed by atoms with E-state index in [-0.39, 0.29) is 0 Å². The summed E-state index contributed by atoms with van der Waals surface area (Å²) in [5.74, 6) is 2.92. The molecular weight excluding hydrogens is 256 g/mol. The highest BCUT2D eigenvalue weighted by molar-refractivity contribution is 5.41. The van der Waals surface area contributed by atoms with Crippen molar-refractivity contribution in [1.29, 1.82) is 0 Å². The molecule has 4 atom stereocenters. The van der Waals surface area contributed by atoms with Crippen molar-refractivity contribution in [3.63, 3.8) is 0 Å². The van der Waals surface area contributed by atoms with Gasteiger partial charge in [0.1, 0.15) is 5.75 Å². The Morgan fingerprint density at radius 1 is 1.10 bits per heavy atom. The van der Waals surface area contributed by atoms with Gasteiger partial charge in [0, 0.05) is 0 Å². The van der Waals surface area contributed by atoms with Crippen molar-refractivity contribution in [2.24, 2.45) is 22.7 Å². The molecule has 1 aromatic rings. The van der Waals surface area contributed by atoms with Gasteiger partial charge in [0.2, 0.25) is 0 Å². The average Bonchev–Trinajstić information content (AvgIpc) is 2.41. The van der Waals surface area contributed by atoms with Crippen molar-refractivity contribution >= 4 is 0 Å². The summed E-state index contributed by atoms with van der Waals surface area (Å²) in [5.41, 5.74) is 3.94. The van der Waals surface area contributed by atoms with Crippen molar-refractivity contribution in [3.8, 4) is 5.75 Å². The molecular formula is C20H28O. The highest BCUT2D eigenvalue weighted by Crippen LogP contribution is 2.64. The Kier molecular flexibility index (Phi) is 2.78. The molecule has 0 heterocycles. The van der Waals surface area contributed by atoms with Gasteiger partial charge in [-0.05, 0) is 83.9 Å². The number of hydrogen-bond acceptors (Lipinski definition) is 1. The van der Waals surface area contributed by atoms with Gasteiger partial charge < -0.3 is 5.11 Å². The fraction of sp³-hybridized carbons (Fsp3) is 0.700. The van der Waals surface area contributed by atoms with E-state index in [1.54, 1.807) is 5.56 Å². The van der Waals surface area contributed by atoms with E-state index in [4.69, 9.17) is 0 Å². The van der Waals surface area contributed by atoms with Gasteiger partial charge in [-0.1, -0.05) is 33.3 Å². The third-order valence-electron chi connectivity index (χ3n) is 7.16. The van der Waals surface area contributed by atoms with Gasteiger partial charge in [-0.2, -0.15) is 0 Å². The highest BCUT2D eigenvalue weighted by Gasteiger charge is 2.55. The van der Waals surface area contributed by atoms with Crippen LogP contribution in [0, 0.1) is 22.7 Å². The quantitative estimate of drug-likeness (QED) is 0.687. The second-order valence-electron chi connectivity index (χ2n) is 8.87. The van der Waals surface area contributed by atoms with E-state index in [0.29, 0.717) is 16.6 Å². The zero-order chi connectivity index (χ0) is 14.8. The zero-order valence-electron chi connectivity index (χ0n) is 13.7. The van der Waals surface area contributed by atoms with Crippen LogP contribution in [0.4, 0.5) is 0 Å². The van der Waals surface area contributed by atoms with Crippen LogP contribution in [0.5, 0.6) is 5.75 Å². The molecule has 0 amide bonds. The predicted molar refractivity (Wildman–Crippen MR) is 86.5 cm³/mol. The Morgan fingerprint density at radius 2 is 1.90 bits per heavy atom. The summed E-state index contributed by atoms with van der Waals surface area (Å²) in [6, 6.07) is 6.16. The van der Waals surface area contributed by atoms with Crippen LogP contribution < -0.4 is 0 Å². The molecule has 1 nitrogen and oxygen atoms in total. The lowest BCUT2D eigenvalue weighted by Gasteiger charge is -2.60. The molecule has 0 aromatic heterocycles. The van der Waals surface area contributed by atoms with E-state index in [1.165, 1.54) is 44.1 Å². The van der Waals surface area contributed by atoms with Gasteiger partial charge in [0.25, 0.3) is 0 Å². The molecule has 1 N–H and O–H groups in total. The number of fused-ring (bicyclic) bond motifs is 2. The van der Waals surface area contributed by atoms with Gasteiger partial charge in [-0.25, -0.2) is 0 Å². The van der Waals surface area contributed by atoms with Gasteiger partial charge in [0.15, 0.2) is 0 Å². The number of phenolic OH excluding ortho intramolecular Hbond substituents is 1. The van der Waals surface area contributed by atoms with E-state index in [9.17, 15) is 5.11 Å². The van der Waals surface area contributed by atoms with E-state index >= 15 is 0 Å². The van der Waals surface area contributed by atoms with Crippen LogP contribution in [0.15, 0.2) is 18.2 Å². The lowest BCUT2D eigenvalue weighted by molar-refractivity contribution is -0.0657. The van der Waals surface area contributed by atoms with Gasteiger partial charge in [0.05, 0.1) is 0 Å². The van der Waals surface area contributed by atoms with Crippen LogP contribution >= 0.6 is 0 Å². The second kappa shape index (κ2) is 4.27. The molecule has 2 fully saturated rings. The lowest BCUT2D eigenvalue weighted by atomic mass is 9.44. The maximum atomic E-state index is 9.88. The topological polar surface area (TPSA) is 20.2 Å². The maximum Gasteiger partial charge on any atom is 0.115 e. The first kappa shape index (κ1) is 13.7. The summed E-state index contributed by atoms with van der Waals surface area (Å²) < 4.78 is 0. The third kappa shape index (κ3) is 1.89. The third-order valence-corrected chi connectivity index (χ3v) is 7.16. The fourth-order valence-electron chi connectivity index (χ4n) is 6.19. The van der Waals surface area contributed by atoms with Gasteiger partial charge in [-0.15, -0.1) is 0 Å². The molecule has 4 rings (SSSR count). The van der Waals surface area contributed by atoms with E-state index in [1.807, 2.05) is 12.1 Å². The summed E-state index contributed by atoms with van der Waals surface area (Å²) in [5, 5.41) is 9.88. The Hall–Kier alpha value is -0.980. The molecule has 1 heteroatoms. The predicted octanol–water partition coefficient (Wildman–Crippen LogP) is 5.27. The number of phenols is 1. The Morgan fingerprint density at radius 3 is 2.71 bits per heavy atom. The Bertz CT molecular complexity index is 573. The number of aromatic hydroxyl groups is 1. The average molecular weight is 284 g/mol. The minimum absolute atomic E-state index is 0.444. The van der Waals surface area contributed by atoms with Gasteiger partial charge >= 0.3 is 0 Å². The van der Waals surface area contributed by atoms with Crippen LogP contribution in [-0.4, -0.2) is 5.11 Å². The molecule has 1 aromatic carbocycles. The SMILES string of the molecule is CC1(C)CC[C@@H]2c3ccc(O)cc3C[C@]3(C)CCC[C@@H]1[C@H]23. The fourth-order valence-corrected chi connectivity index (χ4v) is 6.19. The molecule has 0 spiro atoms. The molecule has 3 aliphatic carbocycles. The first-order valence-corrected chi connectivity index (χ1v) is 8.73. The molecule has 0 saturated heterocycles. The molecule has 0 aliphatic heterocycles. The molecule has 0 bridgehead atoms. The number of rotatable bonds is 0. The smallest absolute Gasteiger partial charge is 0.115 e. The Balaban J connectivity index is 1.85. The van der Waals surface area contributed by atoms with Crippen LogP contribution in [0.3, 0.4) is 0 Å². The van der Waals surface area contributed by atoms with E-state index in [0.717, 1.165) is 17.8 Å². The number of benzene rings is 1.